The summed E-state index contributed by atoms with van der Waals surface area (Å²) in [7, 11) is 0. The second kappa shape index (κ2) is 8.57. The number of anilines is 1. The standard InChI is InChI=1S/C23H24N2O3S/c1-5-16(4)28-20-9-7-6-8-17(20)13-18-21(26)24-23(29)25(22(18)27)19-11-10-14(2)12-15(19)3/h6-13,16H,5H2,1-4H3,(H,24,26,29)/b18-13+/t16-/m1/s1. The van der Waals surface area contributed by atoms with E-state index in [-0.39, 0.29) is 16.8 Å². The quantitative estimate of drug-likeness (QED) is 0.455. The number of para-hydroxylation sites is 1. The Morgan fingerprint density at radius 1 is 1.17 bits per heavy atom. The van der Waals surface area contributed by atoms with Gasteiger partial charge in [-0.3, -0.25) is 19.8 Å². The lowest BCUT2D eigenvalue weighted by Crippen LogP contribution is -2.54. The number of thiocarbonyl (C=S) groups is 1. The van der Waals surface area contributed by atoms with E-state index in [1.54, 1.807) is 6.08 Å². The molecule has 2 aromatic carbocycles. The number of amides is 2. The maximum atomic E-state index is 13.2. The van der Waals surface area contributed by atoms with E-state index in [1.165, 1.54) is 4.90 Å². The molecule has 0 aliphatic carbocycles. The Hall–Kier alpha value is -2.99. The van der Waals surface area contributed by atoms with Crippen LogP contribution in [0, 0.1) is 13.8 Å². The average molecular weight is 409 g/mol. The topological polar surface area (TPSA) is 58.6 Å². The van der Waals surface area contributed by atoms with Gasteiger partial charge in [0.2, 0.25) is 0 Å². The number of hydrogen-bond acceptors (Lipinski definition) is 4. The van der Waals surface area contributed by atoms with Gasteiger partial charge >= 0.3 is 0 Å². The fourth-order valence-electron chi connectivity index (χ4n) is 3.10. The first-order chi connectivity index (χ1) is 13.8. The van der Waals surface area contributed by atoms with Crippen LogP contribution in [0.4, 0.5) is 5.69 Å². The van der Waals surface area contributed by atoms with Crippen molar-refractivity contribution >= 4 is 40.9 Å². The Kier molecular flexibility index (Phi) is 6.13. The Labute approximate surface area is 176 Å². The third-order valence-electron chi connectivity index (χ3n) is 4.82. The highest BCUT2D eigenvalue weighted by Gasteiger charge is 2.35. The maximum absolute atomic E-state index is 13.2. The Morgan fingerprint density at radius 2 is 1.90 bits per heavy atom. The summed E-state index contributed by atoms with van der Waals surface area (Å²) in [4.78, 5) is 27.2. The van der Waals surface area contributed by atoms with E-state index in [1.807, 2.05) is 70.2 Å². The monoisotopic (exact) mass is 408 g/mol. The minimum atomic E-state index is -0.514. The number of carbonyl (C=O) groups is 2. The largest absolute Gasteiger partial charge is 0.490 e. The first-order valence-electron chi connectivity index (χ1n) is 9.56. The van der Waals surface area contributed by atoms with Crippen molar-refractivity contribution in [1.29, 1.82) is 0 Å². The van der Waals surface area contributed by atoms with Crippen molar-refractivity contribution in [2.24, 2.45) is 0 Å². The lowest BCUT2D eigenvalue weighted by Gasteiger charge is -2.30. The lowest BCUT2D eigenvalue weighted by atomic mass is 10.0. The zero-order chi connectivity index (χ0) is 21.1. The Balaban J connectivity index is 2.03. The van der Waals surface area contributed by atoms with Crippen LogP contribution < -0.4 is 15.0 Å². The van der Waals surface area contributed by atoms with E-state index >= 15 is 0 Å². The molecular weight excluding hydrogens is 384 g/mol. The molecule has 0 bridgehead atoms. The number of rotatable bonds is 5. The van der Waals surface area contributed by atoms with Gasteiger partial charge in [-0.05, 0) is 63.2 Å². The summed E-state index contributed by atoms with van der Waals surface area (Å²) in [6, 6.07) is 13.1. The highest BCUT2D eigenvalue weighted by atomic mass is 32.1. The van der Waals surface area contributed by atoms with Crippen molar-refractivity contribution in [2.45, 2.75) is 40.2 Å². The van der Waals surface area contributed by atoms with Crippen LogP contribution in [-0.4, -0.2) is 23.0 Å². The van der Waals surface area contributed by atoms with Crippen molar-refractivity contribution in [3.8, 4) is 5.75 Å². The molecular formula is C23H24N2O3S. The van der Waals surface area contributed by atoms with Gasteiger partial charge in [0.25, 0.3) is 11.8 Å². The number of carbonyl (C=O) groups excluding carboxylic acids is 2. The summed E-state index contributed by atoms with van der Waals surface area (Å²) in [5.41, 5.74) is 3.31. The molecule has 2 aromatic rings. The number of hydrogen-bond donors (Lipinski definition) is 1. The summed E-state index contributed by atoms with van der Waals surface area (Å²) >= 11 is 5.29. The molecule has 1 aliphatic heterocycles. The summed E-state index contributed by atoms with van der Waals surface area (Å²) in [6.07, 6.45) is 2.43. The molecule has 1 atom stereocenters. The molecule has 0 spiro atoms. The van der Waals surface area contributed by atoms with Gasteiger partial charge in [0.1, 0.15) is 11.3 Å². The van der Waals surface area contributed by atoms with Crippen LogP contribution in [0.5, 0.6) is 5.75 Å². The van der Waals surface area contributed by atoms with Crippen LogP contribution in [-0.2, 0) is 9.59 Å². The third kappa shape index (κ3) is 4.38. The van der Waals surface area contributed by atoms with Gasteiger partial charge in [-0.15, -0.1) is 0 Å². The molecule has 1 heterocycles. The molecule has 5 nitrogen and oxygen atoms in total. The minimum absolute atomic E-state index is 0.0128. The van der Waals surface area contributed by atoms with Crippen molar-refractivity contribution in [2.75, 3.05) is 4.90 Å². The van der Waals surface area contributed by atoms with E-state index in [2.05, 4.69) is 5.32 Å². The lowest BCUT2D eigenvalue weighted by molar-refractivity contribution is -0.122. The summed E-state index contributed by atoms with van der Waals surface area (Å²) in [6.45, 7) is 7.90. The molecule has 0 aromatic heterocycles. The first kappa shape index (κ1) is 20.7. The highest BCUT2D eigenvalue weighted by molar-refractivity contribution is 7.80. The van der Waals surface area contributed by atoms with Crippen molar-refractivity contribution < 1.29 is 14.3 Å². The molecule has 3 rings (SSSR count). The van der Waals surface area contributed by atoms with Gasteiger partial charge in [-0.2, -0.15) is 0 Å². The van der Waals surface area contributed by atoms with Gasteiger partial charge in [-0.1, -0.05) is 42.8 Å². The molecule has 29 heavy (non-hydrogen) atoms. The van der Waals surface area contributed by atoms with Gasteiger partial charge in [-0.25, -0.2) is 0 Å². The number of nitrogens with one attached hydrogen (secondary N) is 1. The minimum Gasteiger partial charge on any atom is -0.490 e. The van der Waals surface area contributed by atoms with Crippen molar-refractivity contribution in [3.63, 3.8) is 0 Å². The van der Waals surface area contributed by atoms with Crippen molar-refractivity contribution in [1.82, 2.24) is 5.32 Å². The molecule has 150 valence electrons. The Morgan fingerprint density at radius 3 is 2.59 bits per heavy atom. The van der Waals surface area contributed by atoms with Gasteiger partial charge in [0, 0.05) is 5.56 Å². The molecule has 2 amide bonds. The van der Waals surface area contributed by atoms with E-state index in [4.69, 9.17) is 17.0 Å². The predicted molar refractivity (Wildman–Crippen MR) is 119 cm³/mol. The summed E-state index contributed by atoms with van der Waals surface area (Å²) in [5.74, 6) is -0.343. The van der Waals surface area contributed by atoms with Crippen LogP contribution >= 0.6 is 12.2 Å². The van der Waals surface area contributed by atoms with Gasteiger partial charge in [0.15, 0.2) is 5.11 Å². The second-order valence-electron chi connectivity index (χ2n) is 7.12. The van der Waals surface area contributed by atoms with Crippen LogP contribution in [0.3, 0.4) is 0 Å². The summed E-state index contributed by atoms with van der Waals surface area (Å²) in [5, 5.41) is 2.71. The SMILES string of the molecule is CC[C@@H](C)Oc1ccccc1/C=C1\C(=O)NC(=S)N(c2ccc(C)cc2C)C1=O. The molecule has 1 N–H and O–H groups in total. The Bertz CT molecular complexity index is 1010. The fourth-order valence-corrected chi connectivity index (χ4v) is 3.37. The van der Waals surface area contributed by atoms with E-state index < -0.39 is 11.8 Å². The smallest absolute Gasteiger partial charge is 0.270 e. The molecule has 0 radical (unpaired) electrons. The summed E-state index contributed by atoms with van der Waals surface area (Å²) < 4.78 is 5.94. The fraction of sp³-hybridized carbons (Fsp3) is 0.261. The number of benzene rings is 2. The van der Waals surface area contributed by atoms with Crippen LogP contribution in [0.25, 0.3) is 6.08 Å². The highest BCUT2D eigenvalue weighted by Crippen LogP contribution is 2.28. The third-order valence-corrected chi connectivity index (χ3v) is 5.10. The maximum Gasteiger partial charge on any atom is 0.270 e. The molecule has 0 unspecified atom stereocenters. The van der Waals surface area contributed by atoms with E-state index in [0.29, 0.717) is 17.0 Å². The number of nitrogens with zero attached hydrogens (tertiary/aromatic N) is 1. The molecule has 0 saturated carbocycles. The average Bonchev–Trinajstić information content (AvgIpc) is 2.67. The predicted octanol–water partition coefficient (Wildman–Crippen LogP) is 4.31. The first-order valence-corrected chi connectivity index (χ1v) is 9.97. The second-order valence-corrected chi connectivity index (χ2v) is 7.51. The van der Waals surface area contributed by atoms with Gasteiger partial charge < -0.3 is 4.74 Å². The van der Waals surface area contributed by atoms with Crippen LogP contribution in [0.1, 0.15) is 37.0 Å². The van der Waals surface area contributed by atoms with Crippen LogP contribution in [0.15, 0.2) is 48.0 Å². The molecule has 1 aliphatic rings. The zero-order valence-corrected chi connectivity index (χ0v) is 17.8. The van der Waals surface area contributed by atoms with Crippen molar-refractivity contribution in [3.05, 3.63) is 64.7 Å². The normalized spacial score (nSPS) is 16.8. The number of ether oxygens (including phenoxy) is 1. The molecule has 1 fully saturated rings. The van der Waals surface area contributed by atoms with E-state index in [0.717, 1.165) is 17.5 Å². The van der Waals surface area contributed by atoms with Gasteiger partial charge in [0.05, 0.1) is 11.8 Å². The zero-order valence-electron chi connectivity index (χ0n) is 17.0. The number of aryl methyl sites for hydroxylation is 2. The van der Waals surface area contributed by atoms with Crippen LogP contribution in [0.2, 0.25) is 0 Å². The van der Waals surface area contributed by atoms with E-state index in [9.17, 15) is 9.59 Å². The molecule has 1 saturated heterocycles. The molecule has 6 heteroatoms.